The van der Waals surface area contributed by atoms with Crippen molar-refractivity contribution in [2.75, 3.05) is 6.54 Å². The maximum atomic E-state index is 12.4. The van der Waals surface area contributed by atoms with Gasteiger partial charge in [-0.2, -0.15) is 13.2 Å². The third-order valence-corrected chi connectivity index (χ3v) is 2.36. The van der Waals surface area contributed by atoms with Gasteiger partial charge in [-0.1, -0.05) is 13.0 Å². The number of nitrogens with zero attached hydrogens (tertiary/aromatic N) is 1. The SMILES string of the molecule is CCCNC(C)Cc1cccc(C(F)(F)F)n1. The second kappa shape index (κ2) is 6.00. The molecule has 1 aromatic heterocycles. The number of nitrogens with one attached hydrogen (secondary N) is 1. The highest BCUT2D eigenvalue weighted by Crippen LogP contribution is 2.27. The largest absolute Gasteiger partial charge is 0.433 e. The number of halogens is 3. The molecule has 0 aliphatic heterocycles. The lowest BCUT2D eigenvalue weighted by molar-refractivity contribution is -0.141. The van der Waals surface area contributed by atoms with E-state index in [0.717, 1.165) is 19.0 Å². The van der Waals surface area contributed by atoms with Crippen LogP contribution in [0.15, 0.2) is 18.2 Å². The highest BCUT2D eigenvalue weighted by Gasteiger charge is 2.32. The van der Waals surface area contributed by atoms with Crippen LogP contribution in [-0.2, 0) is 12.6 Å². The van der Waals surface area contributed by atoms with Crippen LogP contribution in [0.4, 0.5) is 13.2 Å². The van der Waals surface area contributed by atoms with E-state index in [-0.39, 0.29) is 6.04 Å². The van der Waals surface area contributed by atoms with E-state index in [1.54, 1.807) is 6.07 Å². The molecule has 0 fully saturated rings. The average molecular weight is 246 g/mol. The predicted molar refractivity (Wildman–Crippen MR) is 60.7 cm³/mol. The van der Waals surface area contributed by atoms with E-state index >= 15 is 0 Å². The third kappa shape index (κ3) is 4.73. The van der Waals surface area contributed by atoms with Crippen LogP contribution in [0.2, 0.25) is 0 Å². The summed E-state index contributed by atoms with van der Waals surface area (Å²) in [5.41, 5.74) is -0.353. The first kappa shape index (κ1) is 14.0. The molecule has 0 saturated carbocycles. The number of hydrogen-bond donors (Lipinski definition) is 1. The lowest BCUT2D eigenvalue weighted by atomic mass is 10.1. The molecule has 0 aromatic carbocycles. The van der Waals surface area contributed by atoms with Gasteiger partial charge in [0, 0.05) is 18.2 Å². The van der Waals surface area contributed by atoms with Crippen LogP contribution in [0, 0.1) is 0 Å². The first-order chi connectivity index (χ1) is 7.93. The summed E-state index contributed by atoms with van der Waals surface area (Å²) < 4.78 is 37.3. The number of aromatic nitrogens is 1. The summed E-state index contributed by atoms with van der Waals surface area (Å²) in [6, 6.07) is 4.15. The van der Waals surface area contributed by atoms with Gasteiger partial charge < -0.3 is 5.32 Å². The van der Waals surface area contributed by atoms with Crippen molar-refractivity contribution >= 4 is 0 Å². The fourth-order valence-electron chi connectivity index (χ4n) is 1.53. The fraction of sp³-hybridized carbons (Fsp3) is 0.583. The van der Waals surface area contributed by atoms with Crippen LogP contribution in [0.1, 0.15) is 31.7 Å². The molecule has 0 amide bonds. The molecule has 17 heavy (non-hydrogen) atoms. The second-order valence-electron chi connectivity index (χ2n) is 4.07. The Morgan fingerprint density at radius 2 is 2.06 bits per heavy atom. The van der Waals surface area contributed by atoms with E-state index in [4.69, 9.17) is 0 Å². The minimum absolute atomic E-state index is 0.130. The Bertz CT molecular complexity index is 350. The number of hydrogen-bond acceptors (Lipinski definition) is 2. The minimum Gasteiger partial charge on any atom is -0.314 e. The summed E-state index contributed by atoms with van der Waals surface area (Å²) >= 11 is 0. The third-order valence-electron chi connectivity index (χ3n) is 2.36. The van der Waals surface area contributed by atoms with Crippen molar-refractivity contribution in [2.24, 2.45) is 0 Å². The topological polar surface area (TPSA) is 24.9 Å². The zero-order chi connectivity index (χ0) is 12.9. The molecule has 5 heteroatoms. The summed E-state index contributed by atoms with van der Waals surface area (Å²) in [7, 11) is 0. The van der Waals surface area contributed by atoms with E-state index in [0.29, 0.717) is 12.1 Å². The normalized spacial score (nSPS) is 13.7. The zero-order valence-electron chi connectivity index (χ0n) is 10.0. The van der Waals surface area contributed by atoms with Crippen molar-refractivity contribution < 1.29 is 13.2 Å². The van der Waals surface area contributed by atoms with Crippen LogP contribution in [-0.4, -0.2) is 17.6 Å². The van der Waals surface area contributed by atoms with Crippen molar-refractivity contribution in [3.8, 4) is 0 Å². The molecule has 96 valence electrons. The van der Waals surface area contributed by atoms with Crippen LogP contribution >= 0.6 is 0 Å². The van der Waals surface area contributed by atoms with Crippen LogP contribution < -0.4 is 5.32 Å². The second-order valence-corrected chi connectivity index (χ2v) is 4.07. The monoisotopic (exact) mass is 246 g/mol. The Kier molecular flexibility index (Phi) is 4.93. The van der Waals surface area contributed by atoms with Gasteiger partial charge in [0.2, 0.25) is 0 Å². The quantitative estimate of drug-likeness (QED) is 0.863. The van der Waals surface area contributed by atoms with E-state index in [2.05, 4.69) is 10.3 Å². The van der Waals surface area contributed by atoms with Crippen molar-refractivity contribution in [1.29, 1.82) is 0 Å². The van der Waals surface area contributed by atoms with Gasteiger partial charge in [0.15, 0.2) is 0 Å². The van der Waals surface area contributed by atoms with Crippen LogP contribution in [0.5, 0.6) is 0 Å². The highest BCUT2D eigenvalue weighted by molar-refractivity contribution is 5.14. The van der Waals surface area contributed by atoms with E-state index in [1.807, 2.05) is 13.8 Å². The van der Waals surface area contributed by atoms with Gasteiger partial charge in [0.1, 0.15) is 5.69 Å². The molecule has 1 unspecified atom stereocenters. The first-order valence-corrected chi connectivity index (χ1v) is 5.70. The predicted octanol–water partition coefficient (Wildman–Crippen LogP) is 3.03. The average Bonchev–Trinajstić information content (AvgIpc) is 2.25. The van der Waals surface area contributed by atoms with Gasteiger partial charge in [0.05, 0.1) is 0 Å². The lowest BCUT2D eigenvalue weighted by Gasteiger charge is -2.13. The summed E-state index contributed by atoms with van der Waals surface area (Å²) in [5.74, 6) is 0. The van der Waals surface area contributed by atoms with Crippen molar-refractivity contribution in [1.82, 2.24) is 10.3 Å². The maximum absolute atomic E-state index is 12.4. The Morgan fingerprint density at radius 1 is 1.35 bits per heavy atom. The van der Waals surface area contributed by atoms with Gasteiger partial charge >= 0.3 is 6.18 Å². The Hall–Kier alpha value is -1.10. The zero-order valence-corrected chi connectivity index (χ0v) is 10.0. The number of alkyl halides is 3. The molecule has 1 rings (SSSR count). The summed E-state index contributed by atoms with van der Waals surface area (Å²) in [5, 5.41) is 3.22. The molecule has 1 atom stereocenters. The van der Waals surface area contributed by atoms with E-state index < -0.39 is 11.9 Å². The van der Waals surface area contributed by atoms with E-state index in [1.165, 1.54) is 6.07 Å². The van der Waals surface area contributed by atoms with Crippen LogP contribution in [0.3, 0.4) is 0 Å². The fourth-order valence-corrected chi connectivity index (χ4v) is 1.53. The minimum atomic E-state index is -4.36. The standard InChI is InChI=1S/C12H17F3N2/c1-3-7-16-9(2)8-10-5-4-6-11(17-10)12(13,14)15/h4-6,9,16H,3,7-8H2,1-2H3. The Balaban J connectivity index is 2.66. The smallest absolute Gasteiger partial charge is 0.314 e. The van der Waals surface area contributed by atoms with Gasteiger partial charge in [-0.25, -0.2) is 4.98 Å². The van der Waals surface area contributed by atoms with E-state index in [9.17, 15) is 13.2 Å². The summed E-state index contributed by atoms with van der Waals surface area (Å²) in [4.78, 5) is 3.63. The Labute approximate surface area is 99.3 Å². The molecule has 1 N–H and O–H groups in total. The highest BCUT2D eigenvalue weighted by atomic mass is 19.4. The first-order valence-electron chi connectivity index (χ1n) is 5.70. The molecule has 0 spiro atoms. The Morgan fingerprint density at radius 3 is 2.65 bits per heavy atom. The van der Waals surface area contributed by atoms with Gasteiger partial charge in [0.25, 0.3) is 0 Å². The molecule has 0 radical (unpaired) electrons. The summed E-state index contributed by atoms with van der Waals surface area (Å²) in [6.07, 6.45) is -2.86. The lowest BCUT2D eigenvalue weighted by Crippen LogP contribution is -2.29. The molecule has 1 aromatic rings. The van der Waals surface area contributed by atoms with Crippen LogP contribution in [0.25, 0.3) is 0 Å². The molecule has 0 aliphatic carbocycles. The molecule has 2 nitrogen and oxygen atoms in total. The molecule has 0 bridgehead atoms. The maximum Gasteiger partial charge on any atom is 0.433 e. The number of rotatable bonds is 5. The number of pyridine rings is 1. The molecule has 1 heterocycles. The molecule has 0 aliphatic rings. The molecular formula is C12H17F3N2. The molecule has 0 saturated heterocycles. The van der Waals surface area contributed by atoms with Crippen molar-refractivity contribution in [3.63, 3.8) is 0 Å². The van der Waals surface area contributed by atoms with Crippen molar-refractivity contribution in [2.45, 2.75) is 38.9 Å². The van der Waals surface area contributed by atoms with Gasteiger partial charge in [-0.05, 0) is 32.0 Å². The van der Waals surface area contributed by atoms with Crippen molar-refractivity contribution in [3.05, 3.63) is 29.6 Å². The van der Waals surface area contributed by atoms with Gasteiger partial charge in [-0.15, -0.1) is 0 Å². The van der Waals surface area contributed by atoms with Gasteiger partial charge in [-0.3, -0.25) is 0 Å². The molecular weight excluding hydrogens is 229 g/mol. The summed E-state index contributed by atoms with van der Waals surface area (Å²) in [6.45, 7) is 4.85.